The molecule has 0 amide bonds. The maximum absolute atomic E-state index is 13.4. The van der Waals surface area contributed by atoms with Gasteiger partial charge in [0.25, 0.3) is 0 Å². The average Bonchev–Trinajstić information content (AvgIpc) is 2.65. The number of aryl methyl sites for hydroxylation is 4. The predicted molar refractivity (Wildman–Crippen MR) is 96.6 cm³/mol. The molecule has 192 valence electrons. The highest BCUT2D eigenvalue weighted by Gasteiger charge is 2.73. The lowest BCUT2D eigenvalue weighted by Gasteiger charge is -2.29. The largest absolute Gasteiger partial charge is 0.460 e. The number of halogens is 13. The molecule has 0 aromatic heterocycles. The molecule has 2 rings (SSSR count). The van der Waals surface area contributed by atoms with Crippen LogP contribution in [0.4, 0.5) is 57.1 Å². The second kappa shape index (κ2) is 9.29. The highest BCUT2D eigenvalue weighted by molar-refractivity contribution is 5.37. The fraction of sp³-hybridized carbons (Fsp3) is 0.429. The van der Waals surface area contributed by atoms with Gasteiger partial charge in [-0.15, -0.1) is 0 Å². The van der Waals surface area contributed by atoms with E-state index in [9.17, 15) is 57.1 Å². The zero-order chi connectivity index (χ0) is 27.1. The zero-order valence-corrected chi connectivity index (χ0v) is 17.8. The van der Waals surface area contributed by atoms with Crippen LogP contribution in [0.25, 0.3) is 0 Å². The van der Waals surface area contributed by atoms with Crippen molar-refractivity contribution in [3.8, 4) is 0 Å². The maximum Gasteiger partial charge on any atom is 0.460 e. The van der Waals surface area contributed by atoms with Gasteiger partial charge >= 0.3 is 30.1 Å². The second-order valence-corrected chi connectivity index (χ2v) is 7.45. The first kappa shape index (κ1) is 29.6. The molecule has 0 fully saturated rings. The van der Waals surface area contributed by atoms with Crippen molar-refractivity contribution in [2.75, 3.05) is 0 Å². The summed E-state index contributed by atoms with van der Waals surface area (Å²) in [4.78, 5) is 0. The highest BCUT2D eigenvalue weighted by atomic mass is 19.4. The summed E-state index contributed by atoms with van der Waals surface area (Å²) in [5.41, 5.74) is -3.35. The lowest BCUT2D eigenvalue weighted by Crippen LogP contribution is -2.50. The zero-order valence-electron chi connectivity index (χ0n) is 17.8. The van der Waals surface area contributed by atoms with Crippen molar-refractivity contribution in [1.29, 1.82) is 0 Å². The molecule has 0 unspecified atom stereocenters. The standard InChI is InChI=1S/C11H8F8.C10H9F5/c1-5-4-8(12)6(2)3-7(5)9(13,14)10(15,16)11(17,18)19;1-6-3-4-7(2)8(5-6)9(11,12)10(13,14)15/h3-4H,1-2H3;3-5H,1-2H3. The molecule has 0 aliphatic heterocycles. The minimum Gasteiger partial charge on any atom is -0.207 e. The molecule has 0 aliphatic rings. The van der Waals surface area contributed by atoms with Crippen molar-refractivity contribution in [2.24, 2.45) is 0 Å². The topological polar surface area (TPSA) is 0 Å². The Morgan fingerprint density at radius 3 is 1.41 bits per heavy atom. The van der Waals surface area contributed by atoms with E-state index in [4.69, 9.17) is 0 Å². The van der Waals surface area contributed by atoms with Crippen molar-refractivity contribution in [1.82, 2.24) is 0 Å². The monoisotopic (exact) mass is 516 g/mol. The van der Waals surface area contributed by atoms with E-state index in [0.29, 0.717) is 17.7 Å². The normalized spacial score (nSPS) is 13.4. The Bertz CT molecular complexity index is 1010. The van der Waals surface area contributed by atoms with E-state index < -0.39 is 58.2 Å². The van der Waals surface area contributed by atoms with Gasteiger partial charge in [0.1, 0.15) is 5.82 Å². The van der Waals surface area contributed by atoms with Crippen LogP contribution >= 0.6 is 0 Å². The average molecular weight is 516 g/mol. The van der Waals surface area contributed by atoms with Crippen LogP contribution in [-0.4, -0.2) is 18.3 Å². The molecular formula is C21H17F13. The van der Waals surface area contributed by atoms with Gasteiger partial charge in [-0.2, -0.15) is 52.7 Å². The van der Waals surface area contributed by atoms with E-state index in [0.717, 1.165) is 19.9 Å². The third kappa shape index (κ3) is 5.60. The molecule has 0 saturated carbocycles. The van der Waals surface area contributed by atoms with Gasteiger partial charge in [-0.05, 0) is 62.6 Å². The van der Waals surface area contributed by atoms with Crippen LogP contribution in [0.2, 0.25) is 0 Å². The molecule has 0 saturated heterocycles. The van der Waals surface area contributed by atoms with E-state index in [2.05, 4.69) is 0 Å². The Kier molecular flexibility index (Phi) is 8.08. The van der Waals surface area contributed by atoms with Gasteiger partial charge in [-0.3, -0.25) is 0 Å². The Labute approximate surface area is 185 Å². The Hall–Kier alpha value is -2.47. The van der Waals surface area contributed by atoms with Crippen LogP contribution in [0, 0.1) is 33.5 Å². The summed E-state index contributed by atoms with van der Waals surface area (Å²) in [6.45, 7) is 4.52. The molecule has 0 heterocycles. The number of hydrogen-bond donors (Lipinski definition) is 0. The molecule has 0 spiro atoms. The first-order chi connectivity index (χ1) is 15.0. The van der Waals surface area contributed by atoms with Crippen molar-refractivity contribution >= 4 is 0 Å². The third-order valence-electron chi connectivity index (χ3n) is 4.68. The van der Waals surface area contributed by atoms with Crippen LogP contribution in [0.1, 0.15) is 33.4 Å². The van der Waals surface area contributed by atoms with Gasteiger partial charge in [-0.25, -0.2) is 4.39 Å². The van der Waals surface area contributed by atoms with Crippen LogP contribution in [0.5, 0.6) is 0 Å². The number of benzene rings is 2. The van der Waals surface area contributed by atoms with E-state index in [1.807, 2.05) is 0 Å². The Balaban J connectivity index is 0.000000350. The first-order valence-corrected chi connectivity index (χ1v) is 9.10. The van der Waals surface area contributed by atoms with Crippen molar-refractivity contribution < 1.29 is 57.1 Å². The number of alkyl halides is 12. The second-order valence-electron chi connectivity index (χ2n) is 7.45. The first-order valence-electron chi connectivity index (χ1n) is 9.10. The maximum atomic E-state index is 13.4. The molecule has 34 heavy (non-hydrogen) atoms. The smallest absolute Gasteiger partial charge is 0.207 e. The van der Waals surface area contributed by atoms with Crippen LogP contribution in [-0.2, 0) is 11.8 Å². The summed E-state index contributed by atoms with van der Waals surface area (Å²) in [7, 11) is 0. The summed E-state index contributed by atoms with van der Waals surface area (Å²) in [6, 6.07) is 4.40. The number of hydrogen-bond acceptors (Lipinski definition) is 0. The van der Waals surface area contributed by atoms with Crippen LogP contribution in [0.3, 0.4) is 0 Å². The SMILES string of the molecule is Cc1cc(C(F)(F)C(F)(F)C(F)(F)F)c(C)cc1F.Cc1ccc(C)c(C(F)(F)C(F)(F)F)c1. The van der Waals surface area contributed by atoms with Crippen molar-refractivity contribution in [3.63, 3.8) is 0 Å². The molecular weight excluding hydrogens is 499 g/mol. The molecule has 2 aromatic carbocycles. The quantitative estimate of drug-likeness (QED) is 0.358. The van der Waals surface area contributed by atoms with Gasteiger partial charge < -0.3 is 0 Å². The molecule has 0 nitrogen and oxygen atoms in total. The summed E-state index contributed by atoms with van der Waals surface area (Å²) in [5.74, 6) is -17.5. The summed E-state index contributed by atoms with van der Waals surface area (Å²) < 4.78 is 164. The fourth-order valence-corrected chi connectivity index (χ4v) is 2.69. The van der Waals surface area contributed by atoms with Gasteiger partial charge in [0.15, 0.2) is 0 Å². The lowest BCUT2D eigenvalue weighted by molar-refractivity contribution is -0.359. The van der Waals surface area contributed by atoms with E-state index >= 15 is 0 Å². The Morgan fingerprint density at radius 1 is 0.500 bits per heavy atom. The summed E-state index contributed by atoms with van der Waals surface area (Å²) in [6.07, 6.45) is -12.0. The molecule has 0 aliphatic carbocycles. The summed E-state index contributed by atoms with van der Waals surface area (Å²) >= 11 is 0. The predicted octanol–water partition coefficient (Wildman–Crippen LogP) is 8.69. The lowest BCUT2D eigenvalue weighted by atomic mass is 9.95. The minimum absolute atomic E-state index is 0.0667. The van der Waals surface area contributed by atoms with Gasteiger partial charge in [0.05, 0.1) is 0 Å². The minimum atomic E-state index is -6.41. The van der Waals surface area contributed by atoms with E-state index in [-0.39, 0.29) is 5.56 Å². The molecule has 0 bridgehead atoms. The Morgan fingerprint density at radius 2 is 0.971 bits per heavy atom. The third-order valence-corrected chi connectivity index (χ3v) is 4.68. The van der Waals surface area contributed by atoms with Gasteiger partial charge in [-0.1, -0.05) is 17.7 Å². The van der Waals surface area contributed by atoms with Crippen LogP contribution in [0.15, 0.2) is 30.3 Å². The summed E-state index contributed by atoms with van der Waals surface area (Å²) in [5, 5.41) is 0. The van der Waals surface area contributed by atoms with Gasteiger partial charge in [0.2, 0.25) is 0 Å². The molecule has 2 aromatic rings. The number of rotatable bonds is 3. The van der Waals surface area contributed by atoms with E-state index in [1.165, 1.54) is 26.0 Å². The molecule has 0 N–H and O–H groups in total. The highest BCUT2D eigenvalue weighted by Crippen LogP contribution is 2.52. The molecule has 13 heteroatoms. The van der Waals surface area contributed by atoms with E-state index in [1.54, 1.807) is 0 Å². The van der Waals surface area contributed by atoms with Crippen LogP contribution < -0.4 is 0 Å². The van der Waals surface area contributed by atoms with Crippen molar-refractivity contribution in [3.05, 3.63) is 69.5 Å². The molecule has 0 atom stereocenters. The van der Waals surface area contributed by atoms with Crippen molar-refractivity contribution in [2.45, 2.75) is 57.8 Å². The molecule has 0 radical (unpaired) electrons. The fourth-order valence-electron chi connectivity index (χ4n) is 2.69. The van der Waals surface area contributed by atoms with Gasteiger partial charge in [0, 0.05) is 11.1 Å².